The van der Waals surface area contributed by atoms with Crippen molar-refractivity contribution in [1.82, 2.24) is 9.97 Å². The van der Waals surface area contributed by atoms with E-state index in [2.05, 4.69) is 53.4 Å². The van der Waals surface area contributed by atoms with Gasteiger partial charge in [-0.1, -0.05) is 30.3 Å². The minimum absolute atomic E-state index is 0.0481. The van der Waals surface area contributed by atoms with Crippen LogP contribution in [0, 0.1) is 0 Å². The van der Waals surface area contributed by atoms with E-state index in [0.717, 1.165) is 18.7 Å². The summed E-state index contributed by atoms with van der Waals surface area (Å²) < 4.78 is 0. The Balaban J connectivity index is 1.95. The first-order valence-electron chi connectivity index (χ1n) is 6.36. The van der Waals surface area contributed by atoms with E-state index in [0.29, 0.717) is 0 Å². The predicted molar refractivity (Wildman–Crippen MR) is 79.5 cm³/mol. The lowest BCUT2D eigenvalue weighted by Gasteiger charge is -2.27. The third-order valence-electron chi connectivity index (χ3n) is 2.97. The molecule has 2 rings (SSSR count). The van der Waals surface area contributed by atoms with Crippen LogP contribution in [0.15, 0.2) is 42.6 Å². The smallest absolute Gasteiger partial charge is 0.224 e. The Labute approximate surface area is 119 Å². The van der Waals surface area contributed by atoms with Crippen molar-refractivity contribution in [2.75, 3.05) is 5.32 Å². The van der Waals surface area contributed by atoms with Gasteiger partial charge in [0, 0.05) is 11.7 Å². The summed E-state index contributed by atoms with van der Waals surface area (Å²) in [7, 11) is 0. The second-order valence-corrected chi connectivity index (χ2v) is 5.54. The van der Waals surface area contributed by atoms with Crippen LogP contribution in [0.3, 0.4) is 0 Å². The maximum atomic E-state index is 5.78. The Hall–Kier alpha value is -1.61. The maximum absolute atomic E-state index is 5.78. The van der Waals surface area contributed by atoms with Crippen LogP contribution >= 0.6 is 11.6 Å². The molecule has 0 spiro atoms. The lowest BCUT2D eigenvalue weighted by Crippen LogP contribution is -2.31. The first-order valence-corrected chi connectivity index (χ1v) is 6.74. The van der Waals surface area contributed by atoms with E-state index < -0.39 is 0 Å². The van der Waals surface area contributed by atoms with E-state index in [1.54, 1.807) is 6.20 Å². The molecule has 0 bridgehead atoms. The van der Waals surface area contributed by atoms with Crippen LogP contribution in [-0.4, -0.2) is 15.5 Å². The molecule has 0 saturated heterocycles. The molecule has 0 amide bonds. The van der Waals surface area contributed by atoms with Gasteiger partial charge >= 0.3 is 0 Å². The molecular weight excluding hydrogens is 258 g/mol. The highest BCUT2D eigenvalue weighted by Crippen LogP contribution is 2.19. The normalized spacial score (nSPS) is 11.3. The van der Waals surface area contributed by atoms with Crippen molar-refractivity contribution in [2.45, 2.75) is 32.2 Å². The second-order valence-electron chi connectivity index (χ2n) is 5.21. The molecule has 0 aliphatic carbocycles. The van der Waals surface area contributed by atoms with Crippen LogP contribution in [0.1, 0.15) is 25.8 Å². The number of rotatable bonds is 5. The van der Waals surface area contributed by atoms with Gasteiger partial charge in [-0.25, -0.2) is 9.97 Å². The van der Waals surface area contributed by atoms with Gasteiger partial charge in [-0.2, -0.15) is 0 Å². The second kappa shape index (κ2) is 6.02. The van der Waals surface area contributed by atoms with Crippen LogP contribution in [0.5, 0.6) is 0 Å². The van der Waals surface area contributed by atoms with Crippen LogP contribution < -0.4 is 5.32 Å². The molecule has 0 aliphatic rings. The van der Waals surface area contributed by atoms with E-state index >= 15 is 0 Å². The zero-order valence-electron chi connectivity index (χ0n) is 11.2. The van der Waals surface area contributed by atoms with Gasteiger partial charge in [-0.3, -0.25) is 0 Å². The summed E-state index contributed by atoms with van der Waals surface area (Å²) in [5.41, 5.74) is 1.30. The molecule has 0 atom stereocenters. The number of benzene rings is 1. The molecule has 1 N–H and O–H groups in total. The van der Waals surface area contributed by atoms with Crippen molar-refractivity contribution in [2.24, 2.45) is 0 Å². The fourth-order valence-electron chi connectivity index (χ4n) is 1.92. The lowest BCUT2D eigenvalue weighted by atomic mass is 9.95. The number of aromatic nitrogens is 2. The number of anilines is 1. The van der Waals surface area contributed by atoms with Crippen LogP contribution in [0.25, 0.3) is 0 Å². The van der Waals surface area contributed by atoms with Gasteiger partial charge < -0.3 is 5.32 Å². The number of nitrogens with one attached hydrogen (secondary N) is 1. The summed E-state index contributed by atoms with van der Waals surface area (Å²) in [6.07, 6.45) is 3.70. The first kappa shape index (κ1) is 13.8. The van der Waals surface area contributed by atoms with Gasteiger partial charge in [0.15, 0.2) is 0 Å². The van der Waals surface area contributed by atoms with Gasteiger partial charge in [0.05, 0.1) is 0 Å². The molecule has 1 aromatic heterocycles. The minimum atomic E-state index is -0.0481. The summed E-state index contributed by atoms with van der Waals surface area (Å²) in [6, 6.07) is 12.3. The zero-order chi connectivity index (χ0) is 13.7. The predicted octanol–water partition coefficient (Wildman–Crippen LogP) is 3.95. The monoisotopic (exact) mass is 275 g/mol. The van der Waals surface area contributed by atoms with Gasteiger partial charge in [0.2, 0.25) is 5.28 Å². The molecule has 3 nitrogen and oxygen atoms in total. The standard InChI is InChI=1S/C15H18ClN3/c1-15(2,10-8-12-6-4-3-5-7-12)19-13-9-11-17-14(16)18-13/h3-7,9,11H,8,10H2,1-2H3,(H,17,18,19). The summed E-state index contributed by atoms with van der Waals surface area (Å²) in [6.45, 7) is 4.32. The maximum Gasteiger partial charge on any atom is 0.224 e. The van der Waals surface area contributed by atoms with Crippen LogP contribution in [0.2, 0.25) is 5.28 Å². The van der Waals surface area contributed by atoms with E-state index in [4.69, 9.17) is 11.6 Å². The Morgan fingerprint density at radius 1 is 1.16 bits per heavy atom. The molecule has 2 aromatic rings. The molecular formula is C15H18ClN3. The average molecular weight is 276 g/mol. The number of aryl methyl sites for hydroxylation is 1. The van der Waals surface area contributed by atoms with Gasteiger partial charge in [-0.15, -0.1) is 0 Å². The quantitative estimate of drug-likeness (QED) is 0.840. The topological polar surface area (TPSA) is 37.8 Å². The van der Waals surface area contributed by atoms with Crippen molar-refractivity contribution in [1.29, 1.82) is 0 Å². The number of hydrogen-bond donors (Lipinski definition) is 1. The molecule has 100 valence electrons. The van der Waals surface area contributed by atoms with Crippen LogP contribution in [0.4, 0.5) is 5.82 Å². The van der Waals surface area contributed by atoms with Crippen molar-refractivity contribution in [3.63, 3.8) is 0 Å². The largest absolute Gasteiger partial charge is 0.365 e. The summed E-state index contributed by atoms with van der Waals surface area (Å²) >= 11 is 5.78. The Kier molecular flexibility index (Phi) is 4.38. The summed E-state index contributed by atoms with van der Waals surface area (Å²) in [5, 5.41) is 3.66. The summed E-state index contributed by atoms with van der Waals surface area (Å²) in [5.74, 6) is 0.762. The van der Waals surface area contributed by atoms with Crippen LogP contribution in [-0.2, 0) is 6.42 Å². The van der Waals surface area contributed by atoms with E-state index in [-0.39, 0.29) is 10.8 Å². The molecule has 0 unspecified atom stereocenters. The molecule has 1 aromatic carbocycles. The number of halogens is 1. The molecule has 0 saturated carbocycles. The molecule has 0 radical (unpaired) electrons. The lowest BCUT2D eigenvalue weighted by molar-refractivity contribution is 0.516. The van der Waals surface area contributed by atoms with Crippen molar-refractivity contribution >= 4 is 17.4 Å². The number of nitrogens with zero attached hydrogens (tertiary/aromatic N) is 2. The molecule has 0 fully saturated rings. The Morgan fingerprint density at radius 3 is 2.58 bits per heavy atom. The molecule has 19 heavy (non-hydrogen) atoms. The van der Waals surface area contributed by atoms with Crippen molar-refractivity contribution in [3.05, 3.63) is 53.4 Å². The Bertz CT molecular complexity index is 526. The Morgan fingerprint density at radius 2 is 1.89 bits per heavy atom. The van der Waals surface area contributed by atoms with Gasteiger partial charge in [0.1, 0.15) is 5.82 Å². The average Bonchev–Trinajstić information content (AvgIpc) is 2.37. The van der Waals surface area contributed by atoms with E-state index in [1.165, 1.54) is 5.56 Å². The van der Waals surface area contributed by atoms with E-state index in [1.807, 2.05) is 12.1 Å². The first-order chi connectivity index (χ1) is 9.05. The highest BCUT2D eigenvalue weighted by atomic mass is 35.5. The van der Waals surface area contributed by atoms with Crippen molar-refractivity contribution < 1.29 is 0 Å². The molecule has 1 heterocycles. The SMILES string of the molecule is CC(C)(CCc1ccccc1)Nc1ccnc(Cl)n1. The summed E-state index contributed by atoms with van der Waals surface area (Å²) in [4.78, 5) is 8.03. The van der Waals surface area contributed by atoms with Gasteiger partial charge in [-0.05, 0) is 49.9 Å². The molecule has 4 heteroatoms. The highest BCUT2D eigenvalue weighted by Gasteiger charge is 2.17. The zero-order valence-corrected chi connectivity index (χ0v) is 12.0. The minimum Gasteiger partial charge on any atom is -0.365 e. The third kappa shape index (κ3) is 4.52. The third-order valence-corrected chi connectivity index (χ3v) is 3.16. The number of hydrogen-bond acceptors (Lipinski definition) is 3. The van der Waals surface area contributed by atoms with Crippen molar-refractivity contribution in [3.8, 4) is 0 Å². The van der Waals surface area contributed by atoms with Gasteiger partial charge in [0.25, 0.3) is 0 Å². The highest BCUT2D eigenvalue weighted by molar-refractivity contribution is 6.28. The fourth-order valence-corrected chi connectivity index (χ4v) is 2.06. The van der Waals surface area contributed by atoms with E-state index in [9.17, 15) is 0 Å². The molecule has 0 aliphatic heterocycles. The fraction of sp³-hybridized carbons (Fsp3) is 0.333.